The van der Waals surface area contributed by atoms with Crippen LogP contribution in [0, 0.1) is 0 Å². The predicted molar refractivity (Wildman–Crippen MR) is 60.4 cm³/mol. The van der Waals surface area contributed by atoms with E-state index < -0.39 is 0 Å². The molecular formula is C10H15N5O. The van der Waals surface area contributed by atoms with E-state index in [-0.39, 0.29) is 0 Å². The molecule has 0 aliphatic heterocycles. The van der Waals surface area contributed by atoms with E-state index in [4.69, 9.17) is 4.74 Å². The third-order valence-corrected chi connectivity index (χ3v) is 2.18. The zero-order valence-corrected chi connectivity index (χ0v) is 9.26. The lowest BCUT2D eigenvalue weighted by molar-refractivity contribution is 0.147. The zero-order chi connectivity index (χ0) is 11.2. The summed E-state index contributed by atoms with van der Waals surface area (Å²) in [5.74, 6) is 0.761. The monoisotopic (exact) mass is 221 g/mol. The Morgan fingerprint density at radius 3 is 3.31 bits per heavy atom. The molecule has 86 valence electrons. The van der Waals surface area contributed by atoms with Crippen molar-refractivity contribution in [1.82, 2.24) is 19.6 Å². The average Bonchev–Trinajstić information content (AvgIpc) is 2.77. The van der Waals surface area contributed by atoms with Gasteiger partial charge in [-0.3, -0.25) is 4.40 Å². The number of nitrogens with one attached hydrogen (secondary N) is 1. The highest BCUT2D eigenvalue weighted by Gasteiger charge is 2.02. The minimum absolute atomic E-state index is 0.749. The van der Waals surface area contributed by atoms with Gasteiger partial charge in [-0.25, -0.2) is 4.98 Å². The molecular weight excluding hydrogens is 206 g/mol. The van der Waals surface area contributed by atoms with Gasteiger partial charge in [0, 0.05) is 32.2 Å². The summed E-state index contributed by atoms with van der Waals surface area (Å²) in [5.41, 5.74) is 0.749. The highest BCUT2D eigenvalue weighted by Crippen LogP contribution is 2.09. The highest BCUT2D eigenvalue weighted by atomic mass is 16.5. The second-order valence-corrected chi connectivity index (χ2v) is 3.31. The summed E-state index contributed by atoms with van der Waals surface area (Å²) in [6.45, 7) is 4.34. The summed E-state index contributed by atoms with van der Waals surface area (Å²) in [6.07, 6.45) is 6.15. The molecule has 0 radical (unpaired) electrons. The van der Waals surface area contributed by atoms with Gasteiger partial charge in [-0.05, 0) is 13.3 Å². The molecule has 0 unspecified atom stereocenters. The van der Waals surface area contributed by atoms with E-state index in [0.717, 1.165) is 37.6 Å². The van der Waals surface area contributed by atoms with Gasteiger partial charge in [0.1, 0.15) is 6.33 Å². The fourth-order valence-corrected chi connectivity index (χ4v) is 1.41. The zero-order valence-electron chi connectivity index (χ0n) is 9.26. The van der Waals surface area contributed by atoms with E-state index in [1.165, 1.54) is 0 Å². The lowest BCUT2D eigenvalue weighted by Gasteiger charge is -2.05. The van der Waals surface area contributed by atoms with Gasteiger partial charge < -0.3 is 10.1 Å². The van der Waals surface area contributed by atoms with E-state index in [0.29, 0.717) is 0 Å². The van der Waals surface area contributed by atoms with E-state index in [2.05, 4.69) is 20.5 Å². The van der Waals surface area contributed by atoms with Crippen LogP contribution in [0.15, 0.2) is 18.7 Å². The topological polar surface area (TPSA) is 64.3 Å². The van der Waals surface area contributed by atoms with E-state index in [9.17, 15) is 0 Å². The first kappa shape index (κ1) is 10.8. The van der Waals surface area contributed by atoms with Gasteiger partial charge in [-0.1, -0.05) is 0 Å². The Bertz CT molecular complexity index is 441. The van der Waals surface area contributed by atoms with Crippen LogP contribution in [0.2, 0.25) is 0 Å². The average molecular weight is 221 g/mol. The SMILES string of the molecule is CCOCCCNc1nccn2cnnc12. The van der Waals surface area contributed by atoms with Gasteiger partial charge in [0.2, 0.25) is 5.65 Å². The Kier molecular flexibility index (Phi) is 3.66. The molecule has 2 aromatic heterocycles. The van der Waals surface area contributed by atoms with Crippen molar-refractivity contribution in [2.45, 2.75) is 13.3 Å². The van der Waals surface area contributed by atoms with Crippen molar-refractivity contribution in [2.75, 3.05) is 25.1 Å². The maximum atomic E-state index is 5.25. The minimum atomic E-state index is 0.749. The second kappa shape index (κ2) is 5.41. The standard InChI is InChI=1S/C10H15N5O/c1-2-16-7-3-4-11-9-10-14-13-8-15(10)6-5-12-9/h5-6,8H,2-4,7H2,1H3,(H,11,12). The van der Waals surface area contributed by atoms with Crippen molar-refractivity contribution in [3.8, 4) is 0 Å². The van der Waals surface area contributed by atoms with Gasteiger partial charge in [0.25, 0.3) is 0 Å². The smallest absolute Gasteiger partial charge is 0.203 e. The molecule has 2 rings (SSSR count). The summed E-state index contributed by atoms with van der Waals surface area (Å²) in [5, 5.41) is 11.0. The van der Waals surface area contributed by atoms with Gasteiger partial charge in [-0.2, -0.15) is 0 Å². The lowest BCUT2D eigenvalue weighted by Crippen LogP contribution is -2.08. The Hall–Kier alpha value is -1.69. The Balaban J connectivity index is 1.91. The summed E-state index contributed by atoms with van der Waals surface area (Å²) in [4.78, 5) is 4.22. The molecule has 16 heavy (non-hydrogen) atoms. The molecule has 0 amide bonds. The van der Waals surface area contributed by atoms with Crippen LogP contribution in [0.4, 0.5) is 5.82 Å². The number of hydrogen-bond acceptors (Lipinski definition) is 5. The summed E-state index contributed by atoms with van der Waals surface area (Å²) in [6, 6.07) is 0. The van der Waals surface area contributed by atoms with E-state index >= 15 is 0 Å². The van der Waals surface area contributed by atoms with Gasteiger partial charge in [-0.15, -0.1) is 10.2 Å². The Morgan fingerprint density at radius 1 is 1.50 bits per heavy atom. The first-order chi connectivity index (χ1) is 7.92. The van der Waals surface area contributed by atoms with Crippen LogP contribution in [-0.2, 0) is 4.74 Å². The molecule has 0 fully saturated rings. The largest absolute Gasteiger partial charge is 0.382 e. The summed E-state index contributed by atoms with van der Waals surface area (Å²) >= 11 is 0. The molecule has 0 aromatic carbocycles. The van der Waals surface area contributed by atoms with Crippen LogP contribution in [-0.4, -0.2) is 39.3 Å². The van der Waals surface area contributed by atoms with Crippen LogP contribution < -0.4 is 5.32 Å². The number of hydrogen-bond donors (Lipinski definition) is 1. The fourth-order valence-electron chi connectivity index (χ4n) is 1.41. The molecule has 0 bridgehead atoms. The van der Waals surface area contributed by atoms with Crippen molar-refractivity contribution in [1.29, 1.82) is 0 Å². The second-order valence-electron chi connectivity index (χ2n) is 3.31. The van der Waals surface area contributed by atoms with Crippen LogP contribution >= 0.6 is 0 Å². The normalized spacial score (nSPS) is 10.8. The molecule has 0 aliphatic rings. The number of nitrogens with zero attached hydrogens (tertiary/aromatic N) is 4. The van der Waals surface area contributed by atoms with Crippen molar-refractivity contribution < 1.29 is 4.74 Å². The van der Waals surface area contributed by atoms with Crippen molar-refractivity contribution in [3.63, 3.8) is 0 Å². The molecule has 0 atom stereocenters. The number of rotatable bonds is 6. The van der Waals surface area contributed by atoms with Crippen LogP contribution in [0.5, 0.6) is 0 Å². The Labute approximate surface area is 93.7 Å². The molecule has 0 saturated heterocycles. The molecule has 2 heterocycles. The molecule has 1 N–H and O–H groups in total. The van der Waals surface area contributed by atoms with E-state index in [1.54, 1.807) is 12.5 Å². The van der Waals surface area contributed by atoms with Gasteiger partial charge >= 0.3 is 0 Å². The molecule has 0 saturated carbocycles. The third kappa shape index (κ3) is 2.46. The van der Waals surface area contributed by atoms with E-state index in [1.807, 2.05) is 17.5 Å². The van der Waals surface area contributed by atoms with Crippen molar-refractivity contribution in [3.05, 3.63) is 18.7 Å². The molecule has 2 aromatic rings. The first-order valence-corrected chi connectivity index (χ1v) is 5.37. The Morgan fingerprint density at radius 2 is 2.44 bits per heavy atom. The number of aromatic nitrogens is 4. The van der Waals surface area contributed by atoms with Crippen LogP contribution in [0.1, 0.15) is 13.3 Å². The van der Waals surface area contributed by atoms with Crippen LogP contribution in [0.3, 0.4) is 0 Å². The molecule has 0 spiro atoms. The van der Waals surface area contributed by atoms with Crippen LogP contribution in [0.25, 0.3) is 5.65 Å². The fraction of sp³-hybridized carbons (Fsp3) is 0.500. The first-order valence-electron chi connectivity index (χ1n) is 5.37. The molecule has 6 heteroatoms. The molecule has 0 aliphatic carbocycles. The lowest BCUT2D eigenvalue weighted by atomic mass is 10.4. The maximum absolute atomic E-state index is 5.25. The number of anilines is 1. The number of fused-ring (bicyclic) bond motifs is 1. The highest BCUT2D eigenvalue weighted by molar-refractivity contribution is 5.61. The molecule has 6 nitrogen and oxygen atoms in total. The number of ether oxygens (including phenoxy) is 1. The summed E-state index contributed by atoms with van der Waals surface area (Å²) < 4.78 is 7.08. The third-order valence-electron chi connectivity index (χ3n) is 2.18. The minimum Gasteiger partial charge on any atom is -0.382 e. The van der Waals surface area contributed by atoms with Gasteiger partial charge in [0.15, 0.2) is 5.82 Å². The van der Waals surface area contributed by atoms with Crippen molar-refractivity contribution in [2.24, 2.45) is 0 Å². The summed E-state index contributed by atoms with van der Waals surface area (Å²) in [7, 11) is 0. The predicted octanol–water partition coefficient (Wildman–Crippen LogP) is 0.963. The quantitative estimate of drug-likeness (QED) is 0.736. The van der Waals surface area contributed by atoms with Crippen molar-refractivity contribution >= 4 is 11.5 Å². The maximum Gasteiger partial charge on any atom is 0.203 e. The van der Waals surface area contributed by atoms with Gasteiger partial charge in [0.05, 0.1) is 0 Å².